The summed E-state index contributed by atoms with van der Waals surface area (Å²) in [6.45, 7) is 0.130. The van der Waals surface area contributed by atoms with Crippen LogP contribution in [0.5, 0.6) is 11.5 Å². The number of ether oxygens (including phenoxy) is 1. The molecule has 0 radical (unpaired) electrons. The first-order valence-corrected chi connectivity index (χ1v) is 9.77. The smallest absolute Gasteiger partial charge is 0.251 e. The van der Waals surface area contributed by atoms with Crippen LogP contribution in [0.3, 0.4) is 0 Å². The second-order valence-corrected chi connectivity index (χ2v) is 7.46. The number of rotatable bonds is 7. The van der Waals surface area contributed by atoms with E-state index in [0.717, 1.165) is 0 Å². The molecule has 148 valence electrons. The van der Waals surface area contributed by atoms with E-state index in [1.54, 1.807) is 18.2 Å². The maximum atomic E-state index is 12.0. The van der Waals surface area contributed by atoms with Crippen molar-refractivity contribution in [2.45, 2.75) is 6.42 Å². The molecule has 7 nitrogen and oxygen atoms in total. The number of carbonyl (C=O) groups is 2. The number of nitrogens with zero attached hydrogens (tertiary/aromatic N) is 1. The maximum absolute atomic E-state index is 12.0. The molecule has 2 aromatic carbocycles. The van der Waals surface area contributed by atoms with Gasteiger partial charge >= 0.3 is 0 Å². The van der Waals surface area contributed by atoms with Gasteiger partial charge in [0.05, 0.1) is 26.9 Å². The van der Waals surface area contributed by atoms with Crippen molar-refractivity contribution >= 4 is 63.8 Å². The van der Waals surface area contributed by atoms with Crippen LogP contribution in [0, 0.1) is 3.57 Å². The van der Waals surface area contributed by atoms with Crippen LogP contribution in [0.2, 0.25) is 10.0 Å². The van der Waals surface area contributed by atoms with E-state index < -0.39 is 0 Å². The number of benzene rings is 2. The minimum absolute atomic E-state index is 0.0425. The Labute approximate surface area is 185 Å². The molecule has 0 spiro atoms. The fourth-order valence-electron chi connectivity index (χ4n) is 2.09. The zero-order chi connectivity index (χ0) is 20.7. The lowest BCUT2D eigenvalue weighted by molar-refractivity contribution is -0.120. The number of amides is 2. The highest BCUT2D eigenvalue weighted by Gasteiger charge is 2.09. The van der Waals surface area contributed by atoms with Crippen LogP contribution in [0.15, 0.2) is 35.4 Å². The number of hydrogen-bond donors (Lipinski definition) is 3. The van der Waals surface area contributed by atoms with E-state index in [0.29, 0.717) is 25.5 Å². The first kappa shape index (κ1) is 22.3. The summed E-state index contributed by atoms with van der Waals surface area (Å²) in [6, 6.07) is 7.80. The van der Waals surface area contributed by atoms with Gasteiger partial charge < -0.3 is 15.2 Å². The molecule has 0 bridgehead atoms. The van der Waals surface area contributed by atoms with Crippen LogP contribution >= 0.6 is 45.8 Å². The number of hydrazone groups is 1. The molecule has 0 aliphatic rings. The van der Waals surface area contributed by atoms with Gasteiger partial charge in [-0.05, 0) is 58.5 Å². The number of nitrogens with one attached hydrogen (secondary N) is 2. The van der Waals surface area contributed by atoms with Gasteiger partial charge in [-0.1, -0.05) is 23.2 Å². The lowest BCUT2D eigenvalue weighted by Gasteiger charge is -2.07. The van der Waals surface area contributed by atoms with E-state index in [1.807, 2.05) is 22.6 Å². The molecule has 0 unspecified atom stereocenters. The van der Waals surface area contributed by atoms with E-state index in [1.165, 1.54) is 25.5 Å². The molecular weight excluding hydrogens is 520 g/mol. The molecule has 10 heteroatoms. The van der Waals surface area contributed by atoms with Crippen LogP contribution in [-0.4, -0.2) is 36.8 Å². The van der Waals surface area contributed by atoms with Crippen LogP contribution in [-0.2, 0) is 4.79 Å². The Hall–Kier alpha value is -2.04. The van der Waals surface area contributed by atoms with E-state index >= 15 is 0 Å². The fraction of sp³-hybridized carbons (Fsp3) is 0.167. The quantitative estimate of drug-likeness (QED) is 0.286. The summed E-state index contributed by atoms with van der Waals surface area (Å²) in [6.07, 6.45) is 1.47. The Kier molecular flexibility index (Phi) is 8.34. The number of halogens is 3. The molecule has 3 N–H and O–H groups in total. The lowest BCUT2D eigenvalue weighted by atomic mass is 10.2. The third kappa shape index (κ3) is 6.25. The van der Waals surface area contributed by atoms with Gasteiger partial charge in [0.15, 0.2) is 11.5 Å². The third-order valence-corrected chi connectivity index (χ3v) is 5.05. The van der Waals surface area contributed by atoms with Crippen molar-refractivity contribution in [1.82, 2.24) is 10.7 Å². The molecular formula is C18H16Cl2IN3O4. The normalized spacial score (nSPS) is 10.7. The molecule has 0 aliphatic carbocycles. The predicted molar refractivity (Wildman–Crippen MR) is 117 cm³/mol. The zero-order valence-corrected chi connectivity index (χ0v) is 18.3. The van der Waals surface area contributed by atoms with Gasteiger partial charge in [-0.2, -0.15) is 5.10 Å². The first-order chi connectivity index (χ1) is 13.3. The largest absolute Gasteiger partial charge is 0.504 e. The Bertz CT molecular complexity index is 922. The number of phenolic OH excluding ortho intramolecular Hbond substituents is 1. The molecule has 0 aromatic heterocycles. The van der Waals surface area contributed by atoms with Crippen LogP contribution in [0.25, 0.3) is 0 Å². The summed E-state index contributed by atoms with van der Waals surface area (Å²) in [5.41, 5.74) is 3.36. The average molecular weight is 536 g/mol. The number of carbonyl (C=O) groups excluding carboxylic acids is 2. The number of aromatic hydroxyl groups is 1. The molecule has 0 saturated heterocycles. The summed E-state index contributed by atoms with van der Waals surface area (Å²) >= 11 is 13.6. The first-order valence-electron chi connectivity index (χ1n) is 7.93. The van der Waals surface area contributed by atoms with Crippen LogP contribution < -0.4 is 15.5 Å². The molecule has 0 atom stereocenters. The second kappa shape index (κ2) is 10.5. The van der Waals surface area contributed by atoms with Crippen molar-refractivity contribution in [3.8, 4) is 11.5 Å². The van der Waals surface area contributed by atoms with Crippen molar-refractivity contribution in [3.63, 3.8) is 0 Å². The predicted octanol–water partition coefficient (Wildman–Crippen LogP) is 3.58. The molecule has 28 heavy (non-hydrogen) atoms. The summed E-state index contributed by atoms with van der Waals surface area (Å²) in [5, 5.41) is 16.9. The van der Waals surface area contributed by atoms with Gasteiger partial charge in [-0.3, -0.25) is 9.59 Å². The number of phenols is 1. The maximum Gasteiger partial charge on any atom is 0.251 e. The van der Waals surface area contributed by atoms with Crippen molar-refractivity contribution in [1.29, 1.82) is 0 Å². The number of hydrogen-bond acceptors (Lipinski definition) is 5. The standard InChI is InChI=1S/C18H16Cl2IN3O4/c1-28-15-7-10(6-14(21)17(15)26)9-23-24-16(25)4-5-22-18(27)11-2-3-12(19)13(20)8-11/h2-3,6-9,26H,4-5H2,1H3,(H,22,27)(H,24,25). The van der Waals surface area contributed by atoms with Crippen molar-refractivity contribution in [3.05, 3.63) is 55.1 Å². The second-order valence-electron chi connectivity index (χ2n) is 5.48. The Morgan fingerprint density at radius 3 is 2.68 bits per heavy atom. The Balaban J connectivity index is 1.81. The molecule has 2 amide bonds. The fourth-order valence-corrected chi connectivity index (χ4v) is 3.01. The summed E-state index contributed by atoms with van der Waals surface area (Å²) < 4.78 is 5.65. The minimum Gasteiger partial charge on any atom is -0.504 e. The van der Waals surface area contributed by atoms with Crippen molar-refractivity contribution in [2.24, 2.45) is 5.10 Å². The third-order valence-electron chi connectivity index (χ3n) is 3.49. The van der Waals surface area contributed by atoms with Crippen molar-refractivity contribution < 1.29 is 19.4 Å². The molecule has 0 aliphatic heterocycles. The molecule has 0 heterocycles. The SMILES string of the molecule is COc1cc(C=NNC(=O)CCNC(=O)c2ccc(Cl)c(Cl)c2)cc(I)c1O. The summed E-state index contributed by atoms with van der Waals surface area (Å²) in [7, 11) is 1.44. The zero-order valence-electron chi connectivity index (χ0n) is 14.6. The highest BCUT2D eigenvalue weighted by molar-refractivity contribution is 14.1. The van der Waals surface area contributed by atoms with E-state index in [2.05, 4.69) is 15.8 Å². The van der Waals surface area contributed by atoms with Gasteiger partial charge in [0, 0.05) is 18.5 Å². The molecule has 0 fully saturated rings. The van der Waals surface area contributed by atoms with E-state index in [-0.39, 0.29) is 35.6 Å². The molecule has 2 aromatic rings. The Morgan fingerprint density at radius 1 is 1.25 bits per heavy atom. The lowest BCUT2D eigenvalue weighted by Crippen LogP contribution is -2.29. The van der Waals surface area contributed by atoms with E-state index in [9.17, 15) is 14.7 Å². The van der Waals surface area contributed by atoms with Gasteiger partial charge in [0.2, 0.25) is 5.91 Å². The highest BCUT2D eigenvalue weighted by Crippen LogP contribution is 2.31. The van der Waals surface area contributed by atoms with Gasteiger partial charge in [-0.25, -0.2) is 5.43 Å². The van der Waals surface area contributed by atoms with Gasteiger partial charge in [-0.15, -0.1) is 0 Å². The van der Waals surface area contributed by atoms with Gasteiger partial charge in [0.25, 0.3) is 5.91 Å². The van der Waals surface area contributed by atoms with E-state index in [4.69, 9.17) is 27.9 Å². The monoisotopic (exact) mass is 535 g/mol. The molecule has 2 rings (SSSR count). The highest BCUT2D eigenvalue weighted by atomic mass is 127. The van der Waals surface area contributed by atoms with Crippen molar-refractivity contribution in [2.75, 3.05) is 13.7 Å². The minimum atomic E-state index is -0.369. The van der Waals surface area contributed by atoms with Crippen LogP contribution in [0.4, 0.5) is 0 Å². The average Bonchev–Trinajstić information content (AvgIpc) is 2.66. The summed E-state index contributed by atoms with van der Waals surface area (Å²) in [4.78, 5) is 23.8. The molecule has 0 saturated carbocycles. The Morgan fingerprint density at radius 2 is 2.00 bits per heavy atom. The topological polar surface area (TPSA) is 100 Å². The van der Waals surface area contributed by atoms with Crippen LogP contribution in [0.1, 0.15) is 22.3 Å². The van der Waals surface area contributed by atoms with Gasteiger partial charge in [0.1, 0.15) is 0 Å². The summed E-state index contributed by atoms with van der Waals surface area (Å²) in [5.74, 6) is -0.376. The number of methoxy groups -OCH3 is 1.